The molecule has 0 radical (unpaired) electrons. The number of hydrogen-bond acceptors (Lipinski definition) is 6. The van der Waals surface area contributed by atoms with Gasteiger partial charge >= 0.3 is 0 Å². The van der Waals surface area contributed by atoms with Crippen molar-refractivity contribution in [2.45, 2.75) is 24.8 Å². The van der Waals surface area contributed by atoms with E-state index < -0.39 is 16.2 Å². The fourth-order valence-electron chi connectivity index (χ4n) is 2.40. The van der Waals surface area contributed by atoms with E-state index in [-0.39, 0.29) is 18.1 Å². The van der Waals surface area contributed by atoms with Crippen LogP contribution in [0.15, 0.2) is 47.4 Å². The van der Waals surface area contributed by atoms with E-state index in [9.17, 15) is 8.42 Å². The number of para-hydroxylation sites is 1. The Labute approximate surface area is 147 Å². The van der Waals surface area contributed by atoms with Gasteiger partial charge < -0.3 is 14.2 Å². The molecule has 0 N–H and O–H groups in total. The molecule has 1 aliphatic heterocycles. The zero-order chi connectivity index (χ0) is 17.9. The van der Waals surface area contributed by atoms with Crippen LogP contribution in [0.4, 0.5) is 0 Å². The van der Waals surface area contributed by atoms with Crippen molar-refractivity contribution in [3.63, 3.8) is 0 Å². The highest BCUT2D eigenvalue weighted by atomic mass is 32.2. The molecule has 1 atom stereocenters. The van der Waals surface area contributed by atoms with Crippen molar-refractivity contribution in [2.75, 3.05) is 19.8 Å². The standard InChI is InChI=1S/C18H20O6S/c1-3-21-16-5-4-6-17-18(16)24-14(11-22-17)12-23-25(19,20)15-9-7-13(2)8-10-15/h4-10,14H,3,11-12H2,1-2H3/t14-/m0/s1. The van der Waals surface area contributed by atoms with E-state index in [0.29, 0.717) is 23.9 Å². The Bertz CT molecular complexity index is 829. The molecule has 0 unspecified atom stereocenters. The second-order valence-electron chi connectivity index (χ2n) is 5.62. The predicted molar refractivity (Wildman–Crippen MR) is 91.8 cm³/mol. The minimum atomic E-state index is -3.84. The lowest BCUT2D eigenvalue weighted by Gasteiger charge is -2.27. The number of hydrogen-bond donors (Lipinski definition) is 0. The molecule has 0 saturated heterocycles. The first-order valence-electron chi connectivity index (χ1n) is 8.01. The summed E-state index contributed by atoms with van der Waals surface area (Å²) >= 11 is 0. The van der Waals surface area contributed by atoms with Crippen molar-refractivity contribution in [2.24, 2.45) is 0 Å². The first-order valence-corrected chi connectivity index (χ1v) is 9.42. The van der Waals surface area contributed by atoms with Gasteiger partial charge in [0, 0.05) is 0 Å². The maximum Gasteiger partial charge on any atom is 0.297 e. The van der Waals surface area contributed by atoms with Gasteiger partial charge in [-0.25, -0.2) is 0 Å². The third-order valence-electron chi connectivity index (χ3n) is 3.67. The molecule has 2 aromatic rings. The van der Waals surface area contributed by atoms with Gasteiger partial charge in [0.1, 0.15) is 13.2 Å². The van der Waals surface area contributed by atoms with E-state index in [0.717, 1.165) is 5.56 Å². The fraction of sp³-hybridized carbons (Fsp3) is 0.333. The third kappa shape index (κ3) is 4.05. The Morgan fingerprint density at radius 1 is 1.16 bits per heavy atom. The van der Waals surface area contributed by atoms with Crippen LogP contribution in [0, 0.1) is 6.92 Å². The van der Waals surface area contributed by atoms with E-state index in [1.807, 2.05) is 19.9 Å². The number of fused-ring (bicyclic) bond motifs is 1. The minimum Gasteiger partial charge on any atom is -0.490 e. The van der Waals surface area contributed by atoms with Crippen LogP contribution < -0.4 is 14.2 Å². The van der Waals surface area contributed by atoms with Crippen molar-refractivity contribution in [3.8, 4) is 17.2 Å². The molecule has 0 fully saturated rings. The summed E-state index contributed by atoms with van der Waals surface area (Å²) in [5.41, 5.74) is 0.975. The summed E-state index contributed by atoms with van der Waals surface area (Å²) in [4.78, 5) is 0.116. The molecule has 0 aliphatic carbocycles. The van der Waals surface area contributed by atoms with E-state index in [1.54, 1.807) is 24.3 Å². The second kappa shape index (κ2) is 7.33. The van der Waals surface area contributed by atoms with Crippen LogP contribution in [0.2, 0.25) is 0 Å². The van der Waals surface area contributed by atoms with Gasteiger partial charge in [-0.05, 0) is 38.1 Å². The monoisotopic (exact) mass is 364 g/mol. The highest BCUT2D eigenvalue weighted by molar-refractivity contribution is 7.86. The molecule has 2 aromatic carbocycles. The fourth-order valence-corrected chi connectivity index (χ4v) is 3.34. The zero-order valence-electron chi connectivity index (χ0n) is 14.1. The topological polar surface area (TPSA) is 71.1 Å². The van der Waals surface area contributed by atoms with Gasteiger partial charge in [-0.15, -0.1) is 0 Å². The van der Waals surface area contributed by atoms with Gasteiger partial charge in [0.05, 0.1) is 11.5 Å². The lowest BCUT2D eigenvalue weighted by Crippen LogP contribution is -2.34. The Morgan fingerprint density at radius 2 is 1.92 bits per heavy atom. The van der Waals surface area contributed by atoms with Crippen LogP contribution >= 0.6 is 0 Å². The second-order valence-corrected chi connectivity index (χ2v) is 7.23. The summed E-state index contributed by atoms with van der Waals surface area (Å²) in [6, 6.07) is 11.8. The molecule has 0 bridgehead atoms. The average molecular weight is 364 g/mol. The van der Waals surface area contributed by atoms with Crippen molar-refractivity contribution in [3.05, 3.63) is 48.0 Å². The maximum absolute atomic E-state index is 12.3. The quantitative estimate of drug-likeness (QED) is 0.734. The number of benzene rings is 2. The summed E-state index contributed by atoms with van der Waals surface area (Å²) in [6.07, 6.45) is -0.547. The molecule has 1 heterocycles. The Morgan fingerprint density at radius 3 is 2.64 bits per heavy atom. The van der Waals surface area contributed by atoms with Gasteiger partial charge in [-0.1, -0.05) is 23.8 Å². The highest BCUT2D eigenvalue weighted by Gasteiger charge is 2.27. The summed E-state index contributed by atoms with van der Waals surface area (Å²) in [7, 11) is -3.84. The van der Waals surface area contributed by atoms with E-state index in [2.05, 4.69) is 0 Å². The van der Waals surface area contributed by atoms with Crippen molar-refractivity contribution in [1.29, 1.82) is 0 Å². The van der Waals surface area contributed by atoms with Crippen LogP contribution in [0.25, 0.3) is 0 Å². The van der Waals surface area contributed by atoms with Gasteiger partial charge in [-0.2, -0.15) is 8.42 Å². The van der Waals surface area contributed by atoms with E-state index in [1.165, 1.54) is 12.1 Å². The first kappa shape index (κ1) is 17.6. The number of aryl methyl sites for hydroxylation is 1. The summed E-state index contributed by atoms with van der Waals surface area (Å²) in [6.45, 7) is 4.31. The molecule has 0 amide bonds. The minimum absolute atomic E-state index is 0.116. The average Bonchev–Trinajstić information content (AvgIpc) is 2.61. The maximum atomic E-state index is 12.3. The van der Waals surface area contributed by atoms with Gasteiger partial charge in [0.25, 0.3) is 10.1 Å². The highest BCUT2D eigenvalue weighted by Crippen LogP contribution is 2.40. The molecule has 0 aromatic heterocycles. The SMILES string of the molecule is CCOc1cccc2c1O[C@H](COS(=O)(=O)c1ccc(C)cc1)CO2. The summed E-state index contributed by atoms with van der Waals surface area (Å²) in [5, 5.41) is 0. The molecular weight excluding hydrogens is 344 g/mol. The van der Waals surface area contributed by atoms with Crippen molar-refractivity contribution in [1.82, 2.24) is 0 Å². The Kier molecular flexibility index (Phi) is 5.15. The van der Waals surface area contributed by atoms with Gasteiger partial charge in [0.15, 0.2) is 17.6 Å². The lowest BCUT2D eigenvalue weighted by atomic mass is 10.2. The van der Waals surface area contributed by atoms with Crippen molar-refractivity contribution >= 4 is 10.1 Å². The third-order valence-corrected chi connectivity index (χ3v) is 4.97. The summed E-state index contributed by atoms with van der Waals surface area (Å²) in [5.74, 6) is 1.60. The Hall–Kier alpha value is -2.25. The smallest absolute Gasteiger partial charge is 0.297 e. The zero-order valence-corrected chi connectivity index (χ0v) is 14.9. The number of rotatable bonds is 6. The molecular formula is C18H20O6S. The molecule has 1 aliphatic rings. The largest absolute Gasteiger partial charge is 0.490 e. The van der Waals surface area contributed by atoms with E-state index in [4.69, 9.17) is 18.4 Å². The molecule has 0 saturated carbocycles. The lowest BCUT2D eigenvalue weighted by molar-refractivity contribution is 0.0520. The molecule has 7 heteroatoms. The van der Waals surface area contributed by atoms with E-state index >= 15 is 0 Å². The first-order chi connectivity index (χ1) is 12.0. The van der Waals surface area contributed by atoms with Gasteiger partial charge in [-0.3, -0.25) is 4.18 Å². The van der Waals surface area contributed by atoms with Crippen LogP contribution in [-0.2, 0) is 14.3 Å². The van der Waals surface area contributed by atoms with Crippen molar-refractivity contribution < 1.29 is 26.8 Å². The molecule has 134 valence electrons. The number of ether oxygens (including phenoxy) is 3. The summed E-state index contributed by atoms with van der Waals surface area (Å²) < 4.78 is 46.6. The van der Waals surface area contributed by atoms with Crippen LogP contribution in [0.1, 0.15) is 12.5 Å². The van der Waals surface area contributed by atoms with Crippen LogP contribution in [0.5, 0.6) is 17.2 Å². The predicted octanol–water partition coefficient (Wildman–Crippen LogP) is 2.94. The molecule has 25 heavy (non-hydrogen) atoms. The Balaban J connectivity index is 1.68. The van der Waals surface area contributed by atoms with Crippen LogP contribution in [0.3, 0.4) is 0 Å². The normalized spacial score (nSPS) is 16.5. The van der Waals surface area contributed by atoms with Crippen LogP contribution in [-0.4, -0.2) is 34.3 Å². The molecule has 3 rings (SSSR count). The molecule has 0 spiro atoms. The molecule has 6 nitrogen and oxygen atoms in total. The van der Waals surface area contributed by atoms with Gasteiger partial charge in [0.2, 0.25) is 5.75 Å².